The molecule has 0 radical (unpaired) electrons. The van der Waals surface area contributed by atoms with Gasteiger partial charge in [-0.2, -0.15) is 13.1 Å². The van der Waals surface area contributed by atoms with E-state index in [9.17, 15) is 18.7 Å². The Bertz CT molecular complexity index is 403. The normalized spacial score (nSPS) is 42.8. The van der Waals surface area contributed by atoms with E-state index >= 15 is 0 Å². The van der Waals surface area contributed by atoms with Gasteiger partial charge in [-0.05, 0) is 49.9 Å². The summed E-state index contributed by atoms with van der Waals surface area (Å²) in [5.41, 5.74) is -0.883. The molecule has 0 aromatic heterocycles. The standard InChI is InChI=1S/C12H16F2O5S/c13-12(14,20-19-17)10(16)18-11-3-6-1-7(4-11)9(15)8(2-6)5-11/h6-9,15,17H,1-5H2. The van der Waals surface area contributed by atoms with Crippen molar-refractivity contribution in [3.8, 4) is 0 Å². The number of ether oxygens (including phenoxy) is 1. The second kappa shape index (κ2) is 4.79. The molecule has 0 aliphatic heterocycles. The number of carbonyl (C=O) groups excluding carboxylic acids is 1. The minimum absolute atomic E-state index is 0.0319. The highest BCUT2D eigenvalue weighted by Crippen LogP contribution is 2.57. The number of rotatable bonds is 4. The molecule has 0 heterocycles. The zero-order chi connectivity index (χ0) is 14.5. The summed E-state index contributed by atoms with van der Waals surface area (Å²) < 4.78 is 35.1. The smallest absolute Gasteiger partial charge is 0.415 e. The van der Waals surface area contributed by atoms with Gasteiger partial charge in [-0.1, -0.05) is 0 Å². The molecule has 0 aromatic rings. The fraction of sp³-hybridized carbons (Fsp3) is 0.917. The minimum Gasteiger partial charge on any atom is -0.454 e. The van der Waals surface area contributed by atoms with Crippen molar-refractivity contribution >= 4 is 18.0 Å². The molecule has 4 bridgehead atoms. The average Bonchev–Trinajstić information content (AvgIpc) is 2.34. The van der Waals surface area contributed by atoms with Gasteiger partial charge in [0.25, 0.3) is 0 Å². The third kappa shape index (κ3) is 2.32. The molecule has 0 saturated heterocycles. The molecule has 5 nitrogen and oxygen atoms in total. The molecule has 20 heavy (non-hydrogen) atoms. The molecule has 0 aromatic carbocycles. The Labute approximate surface area is 118 Å². The van der Waals surface area contributed by atoms with Gasteiger partial charge in [0.2, 0.25) is 0 Å². The van der Waals surface area contributed by atoms with Gasteiger partial charge in [-0.15, -0.1) is 0 Å². The van der Waals surface area contributed by atoms with Gasteiger partial charge in [0, 0.05) is 0 Å². The number of carbonyl (C=O) groups is 1. The van der Waals surface area contributed by atoms with Gasteiger partial charge < -0.3 is 9.84 Å². The predicted molar refractivity (Wildman–Crippen MR) is 64.6 cm³/mol. The lowest BCUT2D eigenvalue weighted by molar-refractivity contribution is -0.217. The summed E-state index contributed by atoms with van der Waals surface area (Å²) >= 11 is -0.631. The Morgan fingerprint density at radius 3 is 2.40 bits per heavy atom. The molecule has 114 valence electrons. The van der Waals surface area contributed by atoms with Crippen LogP contribution in [0.3, 0.4) is 0 Å². The van der Waals surface area contributed by atoms with E-state index in [4.69, 9.17) is 9.99 Å². The molecule has 0 amide bonds. The average molecular weight is 310 g/mol. The number of alkyl halides is 2. The number of aliphatic hydroxyl groups excluding tert-OH is 1. The molecule has 2 unspecified atom stereocenters. The van der Waals surface area contributed by atoms with Crippen LogP contribution in [0.15, 0.2) is 0 Å². The number of aliphatic hydroxyl groups is 1. The number of halogens is 2. The molecule has 2 atom stereocenters. The maximum absolute atomic E-state index is 13.3. The molecule has 8 heteroatoms. The fourth-order valence-electron chi connectivity index (χ4n) is 4.38. The first-order valence-corrected chi connectivity index (χ1v) is 7.38. The van der Waals surface area contributed by atoms with Crippen molar-refractivity contribution in [3.63, 3.8) is 0 Å². The predicted octanol–water partition coefficient (Wildman–Crippen LogP) is 2.20. The summed E-state index contributed by atoms with van der Waals surface area (Å²) in [7, 11) is 0. The first-order valence-electron chi connectivity index (χ1n) is 6.64. The highest BCUT2D eigenvalue weighted by Gasteiger charge is 2.59. The van der Waals surface area contributed by atoms with Gasteiger partial charge in [-0.25, -0.2) is 10.1 Å². The first-order chi connectivity index (χ1) is 9.35. The molecule has 4 fully saturated rings. The summed E-state index contributed by atoms with van der Waals surface area (Å²) in [6, 6.07) is 0. The van der Waals surface area contributed by atoms with Crippen LogP contribution >= 0.6 is 12.0 Å². The summed E-state index contributed by atoms with van der Waals surface area (Å²) in [6.07, 6.45) is 2.80. The Morgan fingerprint density at radius 2 is 1.85 bits per heavy atom. The maximum atomic E-state index is 13.3. The molecule has 4 rings (SSSR count). The minimum atomic E-state index is -3.93. The van der Waals surface area contributed by atoms with Crippen molar-refractivity contribution in [1.29, 1.82) is 0 Å². The molecule has 4 aliphatic rings. The van der Waals surface area contributed by atoms with Crippen LogP contribution < -0.4 is 0 Å². The van der Waals surface area contributed by atoms with E-state index in [2.05, 4.69) is 4.33 Å². The van der Waals surface area contributed by atoms with Gasteiger partial charge in [0.1, 0.15) is 17.6 Å². The van der Waals surface area contributed by atoms with E-state index in [0.717, 1.165) is 12.8 Å². The van der Waals surface area contributed by atoms with E-state index in [0.29, 0.717) is 25.2 Å². The molecule has 2 N–H and O–H groups in total. The lowest BCUT2D eigenvalue weighted by Crippen LogP contribution is -2.59. The number of hydrogen-bond acceptors (Lipinski definition) is 6. The zero-order valence-electron chi connectivity index (χ0n) is 10.6. The van der Waals surface area contributed by atoms with Crippen LogP contribution in [-0.4, -0.2) is 33.3 Å². The van der Waals surface area contributed by atoms with Gasteiger partial charge >= 0.3 is 11.2 Å². The summed E-state index contributed by atoms with van der Waals surface area (Å²) in [5.74, 6) is -1.29. The van der Waals surface area contributed by atoms with Crippen molar-refractivity contribution in [3.05, 3.63) is 0 Å². The largest absolute Gasteiger partial charge is 0.454 e. The fourth-order valence-corrected chi connectivity index (χ4v) is 4.59. The van der Waals surface area contributed by atoms with Crippen molar-refractivity contribution in [1.82, 2.24) is 0 Å². The van der Waals surface area contributed by atoms with E-state index in [1.165, 1.54) is 0 Å². The Morgan fingerprint density at radius 1 is 1.25 bits per heavy atom. The second-order valence-corrected chi connectivity index (χ2v) is 7.04. The van der Waals surface area contributed by atoms with Crippen LogP contribution in [0.4, 0.5) is 8.78 Å². The zero-order valence-corrected chi connectivity index (χ0v) is 11.4. The molecular weight excluding hydrogens is 294 g/mol. The van der Waals surface area contributed by atoms with E-state index in [1.807, 2.05) is 0 Å². The highest BCUT2D eigenvalue weighted by atomic mass is 32.2. The third-order valence-corrected chi connectivity index (χ3v) is 5.31. The Hall–Kier alpha value is -0.440. The lowest BCUT2D eigenvalue weighted by Gasteiger charge is -2.57. The molecule has 0 spiro atoms. The maximum Gasteiger partial charge on any atom is 0.415 e. The van der Waals surface area contributed by atoms with Gasteiger partial charge in [-0.3, -0.25) is 0 Å². The van der Waals surface area contributed by atoms with Gasteiger partial charge in [0.15, 0.2) is 0 Å². The van der Waals surface area contributed by atoms with Crippen LogP contribution in [0.25, 0.3) is 0 Å². The van der Waals surface area contributed by atoms with Crippen LogP contribution in [0, 0.1) is 17.8 Å². The first kappa shape index (κ1) is 14.5. The molecular formula is C12H16F2O5S. The third-order valence-electron chi connectivity index (χ3n) is 4.86. The monoisotopic (exact) mass is 310 g/mol. The topological polar surface area (TPSA) is 76.0 Å². The summed E-state index contributed by atoms with van der Waals surface area (Å²) in [5, 5.41) is 14.2. The van der Waals surface area contributed by atoms with Crippen molar-refractivity contribution < 1.29 is 33.0 Å². The Balaban J connectivity index is 1.73. The second-order valence-electron chi connectivity index (χ2n) is 6.21. The van der Waals surface area contributed by atoms with Crippen LogP contribution in [0.1, 0.15) is 32.1 Å². The van der Waals surface area contributed by atoms with Crippen molar-refractivity contribution in [2.75, 3.05) is 0 Å². The Kier molecular flexibility index (Phi) is 3.47. The van der Waals surface area contributed by atoms with E-state index < -0.39 is 35.0 Å². The highest BCUT2D eigenvalue weighted by molar-refractivity contribution is 7.96. The SMILES string of the molecule is O=C(OC12CC3CC(C1)C(O)C(C3)C2)C(F)(F)SOO. The molecule has 4 saturated carbocycles. The quantitative estimate of drug-likeness (QED) is 0.359. The van der Waals surface area contributed by atoms with Gasteiger partial charge in [0.05, 0.1) is 6.10 Å². The van der Waals surface area contributed by atoms with Crippen molar-refractivity contribution in [2.45, 2.75) is 49.1 Å². The number of hydrogen-bond donors (Lipinski definition) is 2. The summed E-state index contributed by atoms with van der Waals surface area (Å²) in [6.45, 7) is 0. The summed E-state index contributed by atoms with van der Waals surface area (Å²) in [4.78, 5) is 11.6. The van der Waals surface area contributed by atoms with Crippen LogP contribution in [-0.2, 0) is 13.9 Å². The van der Waals surface area contributed by atoms with Crippen LogP contribution in [0.2, 0.25) is 0 Å². The lowest BCUT2D eigenvalue weighted by atomic mass is 9.53. The van der Waals surface area contributed by atoms with E-state index in [-0.39, 0.29) is 11.8 Å². The molecule has 4 aliphatic carbocycles. The van der Waals surface area contributed by atoms with Crippen LogP contribution in [0.5, 0.6) is 0 Å². The van der Waals surface area contributed by atoms with E-state index in [1.54, 1.807) is 0 Å². The van der Waals surface area contributed by atoms with Crippen molar-refractivity contribution in [2.24, 2.45) is 17.8 Å². The number of esters is 1.